The second-order valence-corrected chi connectivity index (χ2v) is 7.54. The van der Waals surface area contributed by atoms with Crippen molar-refractivity contribution < 1.29 is 8.42 Å². The molecule has 23 heavy (non-hydrogen) atoms. The third-order valence-electron chi connectivity index (χ3n) is 4.07. The molecule has 0 aromatic heterocycles. The molecule has 0 amide bonds. The van der Waals surface area contributed by atoms with E-state index in [0.717, 1.165) is 17.7 Å². The van der Waals surface area contributed by atoms with Crippen molar-refractivity contribution in [2.45, 2.75) is 31.1 Å². The topological polar surface area (TPSA) is 58.2 Å². The first-order chi connectivity index (χ1) is 11.0. The summed E-state index contributed by atoms with van der Waals surface area (Å²) in [6.07, 6.45) is 0.967. The van der Waals surface area contributed by atoms with Crippen molar-refractivity contribution in [3.8, 4) is 0 Å². The summed E-state index contributed by atoms with van der Waals surface area (Å²) in [5, 5.41) is 0. The molecule has 1 fully saturated rings. The standard InChI is InChI=1S/C18H20N2O2S/c1-13-8-10-16(11-9-13)23(21,22)20-19-14(2)17-12-18(17)15-6-4-3-5-7-15/h3-11,18-20H,12H2,1-2H3/b17-14+/t18-/m1/s1. The van der Waals surface area contributed by atoms with E-state index >= 15 is 0 Å². The Morgan fingerprint density at radius 2 is 1.70 bits per heavy atom. The van der Waals surface area contributed by atoms with Crippen LogP contribution in [0.1, 0.15) is 30.4 Å². The van der Waals surface area contributed by atoms with Gasteiger partial charge in [0.05, 0.1) is 4.90 Å². The molecule has 0 unspecified atom stereocenters. The molecular weight excluding hydrogens is 308 g/mol. The lowest BCUT2D eigenvalue weighted by atomic mass is 10.1. The van der Waals surface area contributed by atoms with Gasteiger partial charge < -0.3 is 5.43 Å². The average molecular weight is 328 g/mol. The highest BCUT2D eigenvalue weighted by atomic mass is 32.2. The number of aryl methyl sites for hydroxylation is 1. The predicted octanol–water partition coefficient (Wildman–Crippen LogP) is 3.24. The van der Waals surface area contributed by atoms with Gasteiger partial charge in [0.15, 0.2) is 0 Å². The molecule has 120 valence electrons. The number of hydrazine groups is 1. The van der Waals surface area contributed by atoms with Crippen LogP contribution in [0.5, 0.6) is 0 Å². The zero-order chi connectivity index (χ0) is 16.4. The van der Waals surface area contributed by atoms with E-state index < -0.39 is 10.0 Å². The largest absolute Gasteiger partial charge is 0.312 e. The molecule has 1 atom stereocenters. The lowest BCUT2D eigenvalue weighted by Gasteiger charge is -2.10. The quantitative estimate of drug-likeness (QED) is 0.829. The Balaban J connectivity index is 1.67. The molecule has 3 rings (SSSR count). The first-order valence-electron chi connectivity index (χ1n) is 7.56. The number of sulfonamides is 1. The zero-order valence-electron chi connectivity index (χ0n) is 13.2. The fourth-order valence-corrected chi connectivity index (χ4v) is 3.48. The summed E-state index contributed by atoms with van der Waals surface area (Å²) in [5.41, 5.74) is 7.24. The number of hydrogen-bond acceptors (Lipinski definition) is 3. The summed E-state index contributed by atoms with van der Waals surface area (Å²) in [6.45, 7) is 3.82. The average Bonchev–Trinajstić information content (AvgIpc) is 3.35. The van der Waals surface area contributed by atoms with E-state index in [0.29, 0.717) is 5.92 Å². The second-order valence-electron chi connectivity index (χ2n) is 5.86. The van der Waals surface area contributed by atoms with Gasteiger partial charge in [-0.05, 0) is 43.5 Å². The fraction of sp³-hybridized carbons (Fsp3) is 0.222. The lowest BCUT2D eigenvalue weighted by Crippen LogP contribution is -2.36. The van der Waals surface area contributed by atoms with Crippen LogP contribution in [-0.2, 0) is 10.0 Å². The maximum atomic E-state index is 12.2. The molecule has 0 radical (unpaired) electrons. The van der Waals surface area contributed by atoms with Gasteiger partial charge in [-0.15, -0.1) is 4.83 Å². The van der Waals surface area contributed by atoms with Crippen LogP contribution in [0.3, 0.4) is 0 Å². The Bertz CT molecular complexity index is 825. The minimum Gasteiger partial charge on any atom is -0.312 e. The monoisotopic (exact) mass is 328 g/mol. The van der Waals surface area contributed by atoms with E-state index in [1.807, 2.05) is 32.0 Å². The maximum absolute atomic E-state index is 12.2. The van der Waals surface area contributed by atoms with Crippen LogP contribution in [0.4, 0.5) is 0 Å². The normalized spacial score (nSPS) is 19.3. The van der Waals surface area contributed by atoms with Crippen LogP contribution in [0, 0.1) is 6.92 Å². The van der Waals surface area contributed by atoms with Crippen molar-refractivity contribution in [2.75, 3.05) is 0 Å². The van der Waals surface area contributed by atoms with Crippen LogP contribution >= 0.6 is 0 Å². The van der Waals surface area contributed by atoms with E-state index in [1.54, 1.807) is 24.3 Å². The van der Waals surface area contributed by atoms with Crippen LogP contribution < -0.4 is 10.3 Å². The summed E-state index contributed by atoms with van der Waals surface area (Å²) in [7, 11) is -3.56. The minimum absolute atomic E-state index is 0.254. The van der Waals surface area contributed by atoms with E-state index in [2.05, 4.69) is 22.4 Å². The highest BCUT2D eigenvalue weighted by Crippen LogP contribution is 2.48. The van der Waals surface area contributed by atoms with Gasteiger partial charge >= 0.3 is 0 Å². The van der Waals surface area contributed by atoms with Gasteiger partial charge in [0.1, 0.15) is 0 Å². The fourth-order valence-electron chi connectivity index (χ4n) is 2.58. The minimum atomic E-state index is -3.56. The Labute approximate surface area is 137 Å². The van der Waals surface area contributed by atoms with Gasteiger partial charge in [-0.3, -0.25) is 0 Å². The third-order valence-corrected chi connectivity index (χ3v) is 5.34. The highest BCUT2D eigenvalue weighted by molar-refractivity contribution is 7.89. The van der Waals surface area contributed by atoms with E-state index in [9.17, 15) is 8.42 Å². The third kappa shape index (κ3) is 3.63. The van der Waals surface area contributed by atoms with Crippen LogP contribution in [-0.4, -0.2) is 8.42 Å². The lowest BCUT2D eigenvalue weighted by molar-refractivity contribution is 0.570. The molecule has 0 aliphatic heterocycles. The first kappa shape index (κ1) is 15.8. The molecule has 0 spiro atoms. The Kier molecular flexibility index (Phi) is 4.24. The van der Waals surface area contributed by atoms with Crippen molar-refractivity contribution in [3.05, 3.63) is 77.0 Å². The number of allylic oxidation sites excluding steroid dienone is 2. The molecule has 4 nitrogen and oxygen atoms in total. The van der Waals surface area contributed by atoms with Crippen molar-refractivity contribution in [3.63, 3.8) is 0 Å². The van der Waals surface area contributed by atoms with Crippen molar-refractivity contribution >= 4 is 10.0 Å². The predicted molar refractivity (Wildman–Crippen MR) is 91.1 cm³/mol. The van der Waals surface area contributed by atoms with Crippen LogP contribution in [0.25, 0.3) is 0 Å². The molecule has 1 saturated carbocycles. The summed E-state index contributed by atoms with van der Waals surface area (Å²) in [4.78, 5) is 2.71. The van der Waals surface area contributed by atoms with Gasteiger partial charge in [-0.25, -0.2) is 8.42 Å². The summed E-state index contributed by atoms with van der Waals surface area (Å²) in [5.74, 6) is 0.396. The molecule has 0 heterocycles. The molecule has 0 bridgehead atoms. The van der Waals surface area contributed by atoms with Crippen LogP contribution in [0.15, 0.2) is 70.8 Å². The number of rotatable bonds is 5. The molecule has 1 aliphatic carbocycles. The maximum Gasteiger partial charge on any atom is 0.257 e. The molecule has 1 aliphatic rings. The highest BCUT2D eigenvalue weighted by Gasteiger charge is 2.33. The van der Waals surface area contributed by atoms with Gasteiger partial charge in [-0.2, -0.15) is 0 Å². The summed E-state index contributed by atoms with van der Waals surface area (Å²) >= 11 is 0. The Morgan fingerprint density at radius 1 is 1.04 bits per heavy atom. The van der Waals surface area contributed by atoms with Crippen LogP contribution in [0.2, 0.25) is 0 Å². The zero-order valence-corrected chi connectivity index (χ0v) is 14.0. The summed E-state index contributed by atoms with van der Waals surface area (Å²) in [6, 6.07) is 17.0. The Hall–Kier alpha value is -2.11. The van der Waals surface area contributed by atoms with Gasteiger partial charge in [0, 0.05) is 11.6 Å². The van der Waals surface area contributed by atoms with E-state index in [-0.39, 0.29) is 4.90 Å². The van der Waals surface area contributed by atoms with E-state index in [1.165, 1.54) is 11.1 Å². The molecule has 2 aromatic carbocycles. The molecule has 2 aromatic rings. The van der Waals surface area contributed by atoms with Crippen molar-refractivity contribution in [2.24, 2.45) is 0 Å². The van der Waals surface area contributed by atoms with Gasteiger partial charge in [-0.1, -0.05) is 48.0 Å². The number of benzene rings is 2. The number of hydrogen-bond donors (Lipinski definition) is 2. The smallest absolute Gasteiger partial charge is 0.257 e. The molecule has 5 heteroatoms. The van der Waals surface area contributed by atoms with Gasteiger partial charge in [0.25, 0.3) is 10.0 Å². The van der Waals surface area contributed by atoms with Crippen molar-refractivity contribution in [1.29, 1.82) is 0 Å². The Morgan fingerprint density at radius 3 is 2.35 bits per heavy atom. The van der Waals surface area contributed by atoms with Crippen molar-refractivity contribution in [1.82, 2.24) is 10.3 Å². The first-order valence-corrected chi connectivity index (χ1v) is 9.05. The van der Waals surface area contributed by atoms with Gasteiger partial charge in [0.2, 0.25) is 0 Å². The summed E-state index contributed by atoms with van der Waals surface area (Å²) < 4.78 is 24.5. The van der Waals surface area contributed by atoms with E-state index in [4.69, 9.17) is 0 Å². The SMILES string of the molecule is C/C(NNS(=O)(=O)c1ccc(C)cc1)=C1/C[C@@H]1c1ccccc1. The molecule has 0 saturated heterocycles. The second kappa shape index (κ2) is 6.18. The molecule has 2 N–H and O–H groups in total. The number of nitrogens with one attached hydrogen (secondary N) is 2. The molecular formula is C18H20N2O2S.